The van der Waals surface area contributed by atoms with Gasteiger partial charge in [0.1, 0.15) is 11.5 Å². The summed E-state index contributed by atoms with van der Waals surface area (Å²) in [5, 5.41) is 11.3. The first-order valence-electron chi connectivity index (χ1n) is 10.4. The van der Waals surface area contributed by atoms with E-state index in [-0.39, 0.29) is 11.3 Å². The summed E-state index contributed by atoms with van der Waals surface area (Å²) in [5.74, 6) is -1.07. The normalized spacial score (nSPS) is 17.6. The second-order valence-corrected chi connectivity index (χ2v) is 8.05. The zero-order chi connectivity index (χ0) is 23.0. The van der Waals surface area contributed by atoms with E-state index in [1.807, 2.05) is 69.3 Å². The Balaban J connectivity index is 2.00. The van der Waals surface area contributed by atoms with Crippen LogP contribution in [0, 0.1) is 20.8 Å². The van der Waals surface area contributed by atoms with E-state index in [2.05, 4.69) is 0 Å². The van der Waals surface area contributed by atoms with Gasteiger partial charge in [0.05, 0.1) is 18.7 Å². The third kappa shape index (κ3) is 3.56. The Morgan fingerprint density at radius 1 is 0.906 bits per heavy atom. The summed E-state index contributed by atoms with van der Waals surface area (Å²) in [6, 6.07) is 19.3. The smallest absolute Gasteiger partial charge is 0.300 e. The highest BCUT2D eigenvalue weighted by Crippen LogP contribution is 2.45. The number of aryl methyl sites for hydroxylation is 3. The maximum atomic E-state index is 13.3. The van der Waals surface area contributed by atoms with Gasteiger partial charge in [0.2, 0.25) is 0 Å². The van der Waals surface area contributed by atoms with Crippen LogP contribution in [0.25, 0.3) is 5.76 Å². The van der Waals surface area contributed by atoms with Crippen LogP contribution in [0.4, 0.5) is 5.69 Å². The summed E-state index contributed by atoms with van der Waals surface area (Å²) in [4.78, 5) is 28.0. The predicted molar refractivity (Wildman–Crippen MR) is 125 cm³/mol. The summed E-state index contributed by atoms with van der Waals surface area (Å²) >= 11 is 0. The van der Waals surface area contributed by atoms with Crippen LogP contribution < -0.4 is 9.64 Å². The quantitative estimate of drug-likeness (QED) is 0.351. The number of carbonyl (C=O) groups is 2. The first-order valence-corrected chi connectivity index (χ1v) is 10.4. The van der Waals surface area contributed by atoms with Gasteiger partial charge in [0.25, 0.3) is 11.7 Å². The monoisotopic (exact) mass is 427 g/mol. The second kappa shape index (κ2) is 8.35. The zero-order valence-electron chi connectivity index (χ0n) is 18.5. The van der Waals surface area contributed by atoms with Crippen molar-refractivity contribution in [3.05, 3.63) is 100 Å². The minimum atomic E-state index is -0.824. The van der Waals surface area contributed by atoms with Crippen molar-refractivity contribution in [1.82, 2.24) is 0 Å². The van der Waals surface area contributed by atoms with E-state index in [9.17, 15) is 14.7 Å². The minimum absolute atomic E-state index is 0.0456. The fourth-order valence-corrected chi connectivity index (χ4v) is 4.11. The molecule has 3 aromatic rings. The van der Waals surface area contributed by atoms with E-state index < -0.39 is 17.7 Å². The Hall–Kier alpha value is -3.86. The molecule has 1 amide bonds. The minimum Gasteiger partial charge on any atom is -0.507 e. The summed E-state index contributed by atoms with van der Waals surface area (Å²) in [6.07, 6.45) is 0. The standard InChI is InChI=1S/C27H25NO4/c1-16-8-7-9-20(14-16)28-24(21-10-5-6-11-22(21)32-4)23(26(30)27(28)31)25(29)19-13-12-17(2)18(3)15-19/h5-15,24,29H,1-4H3/b25-23+. The number of hydrogen-bond donors (Lipinski definition) is 1. The SMILES string of the molecule is COc1ccccc1C1/C(=C(\O)c2ccc(C)c(C)c2)C(=O)C(=O)N1c1cccc(C)c1. The van der Waals surface area contributed by atoms with E-state index in [1.54, 1.807) is 25.3 Å². The van der Waals surface area contributed by atoms with E-state index in [1.165, 1.54) is 4.90 Å². The van der Waals surface area contributed by atoms with Crippen molar-refractivity contribution in [3.8, 4) is 5.75 Å². The lowest BCUT2D eigenvalue weighted by atomic mass is 9.93. The molecule has 0 bridgehead atoms. The third-order valence-corrected chi connectivity index (χ3v) is 5.94. The average molecular weight is 428 g/mol. The largest absolute Gasteiger partial charge is 0.507 e. The van der Waals surface area contributed by atoms with Crippen LogP contribution in [0.15, 0.2) is 72.3 Å². The molecular formula is C27H25NO4. The maximum Gasteiger partial charge on any atom is 0.300 e. The first-order chi connectivity index (χ1) is 15.3. The van der Waals surface area contributed by atoms with E-state index in [0.29, 0.717) is 22.6 Å². The van der Waals surface area contributed by atoms with Crippen molar-refractivity contribution >= 4 is 23.1 Å². The Kier molecular flexibility index (Phi) is 5.57. The van der Waals surface area contributed by atoms with Crippen LogP contribution in [-0.2, 0) is 9.59 Å². The number of rotatable bonds is 4. The Morgan fingerprint density at radius 3 is 2.34 bits per heavy atom. The van der Waals surface area contributed by atoms with Gasteiger partial charge in [-0.1, -0.05) is 42.5 Å². The average Bonchev–Trinajstić information content (AvgIpc) is 3.05. The van der Waals surface area contributed by atoms with Crippen molar-refractivity contribution in [1.29, 1.82) is 0 Å². The number of nitrogens with zero attached hydrogens (tertiary/aromatic N) is 1. The molecule has 1 aliphatic heterocycles. The van der Waals surface area contributed by atoms with Crippen molar-refractivity contribution in [2.75, 3.05) is 12.0 Å². The second-order valence-electron chi connectivity index (χ2n) is 8.05. The summed E-state index contributed by atoms with van der Waals surface area (Å²) < 4.78 is 5.55. The fourth-order valence-electron chi connectivity index (χ4n) is 4.11. The molecule has 0 spiro atoms. The van der Waals surface area contributed by atoms with Crippen LogP contribution in [-0.4, -0.2) is 23.9 Å². The number of carbonyl (C=O) groups excluding carboxylic acids is 2. The van der Waals surface area contributed by atoms with Gasteiger partial charge >= 0.3 is 0 Å². The number of aliphatic hydroxyl groups excluding tert-OH is 1. The topological polar surface area (TPSA) is 66.8 Å². The van der Waals surface area contributed by atoms with Crippen molar-refractivity contribution in [3.63, 3.8) is 0 Å². The van der Waals surface area contributed by atoms with Crippen molar-refractivity contribution in [2.24, 2.45) is 0 Å². The van der Waals surface area contributed by atoms with Gasteiger partial charge in [-0.3, -0.25) is 14.5 Å². The van der Waals surface area contributed by atoms with Crippen LogP contribution in [0.2, 0.25) is 0 Å². The van der Waals surface area contributed by atoms with Gasteiger partial charge in [-0.25, -0.2) is 0 Å². The number of benzene rings is 3. The highest BCUT2D eigenvalue weighted by molar-refractivity contribution is 6.51. The molecule has 1 atom stereocenters. The van der Waals surface area contributed by atoms with Gasteiger partial charge in [-0.2, -0.15) is 0 Å². The molecule has 0 radical (unpaired) electrons. The highest BCUT2D eigenvalue weighted by Gasteiger charge is 2.47. The molecule has 162 valence electrons. The lowest BCUT2D eigenvalue weighted by Gasteiger charge is -2.27. The molecule has 1 fully saturated rings. The molecule has 1 saturated heterocycles. The zero-order valence-corrected chi connectivity index (χ0v) is 18.5. The number of aliphatic hydroxyl groups is 1. The molecule has 1 aliphatic rings. The number of ketones is 1. The van der Waals surface area contributed by atoms with Crippen LogP contribution >= 0.6 is 0 Å². The molecule has 32 heavy (non-hydrogen) atoms. The maximum absolute atomic E-state index is 13.3. The Bertz CT molecular complexity index is 1260. The number of amides is 1. The molecular weight excluding hydrogens is 402 g/mol. The van der Waals surface area contributed by atoms with E-state index in [4.69, 9.17) is 4.74 Å². The molecule has 0 saturated carbocycles. The van der Waals surface area contributed by atoms with E-state index >= 15 is 0 Å². The number of ether oxygens (including phenoxy) is 1. The molecule has 0 aromatic heterocycles. The Morgan fingerprint density at radius 2 is 1.66 bits per heavy atom. The number of para-hydroxylation sites is 1. The molecule has 5 nitrogen and oxygen atoms in total. The molecule has 1 N–H and O–H groups in total. The van der Waals surface area contributed by atoms with Gasteiger partial charge in [-0.05, 0) is 61.7 Å². The van der Waals surface area contributed by atoms with Gasteiger partial charge in [0.15, 0.2) is 0 Å². The first kappa shape index (κ1) is 21.4. The number of anilines is 1. The van der Waals surface area contributed by atoms with Crippen LogP contribution in [0.3, 0.4) is 0 Å². The molecule has 1 unspecified atom stereocenters. The van der Waals surface area contributed by atoms with Gasteiger partial charge in [-0.15, -0.1) is 0 Å². The van der Waals surface area contributed by atoms with Crippen molar-refractivity contribution in [2.45, 2.75) is 26.8 Å². The van der Waals surface area contributed by atoms with Crippen molar-refractivity contribution < 1.29 is 19.4 Å². The van der Waals surface area contributed by atoms with E-state index in [0.717, 1.165) is 16.7 Å². The van der Waals surface area contributed by atoms with Crippen LogP contribution in [0.5, 0.6) is 5.75 Å². The lowest BCUT2D eigenvalue weighted by Crippen LogP contribution is -2.29. The molecule has 0 aliphatic carbocycles. The Labute approximate surface area is 187 Å². The number of Topliss-reactive ketones (excluding diaryl/α,β-unsaturated/α-hetero) is 1. The third-order valence-electron chi connectivity index (χ3n) is 5.94. The predicted octanol–water partition coefficient (Wildman–Crippen LogP) is 5.25. The molecule has 3 aromatic carbocycles. The summed E-state index contributed by atoms with van der Waals surface area (Å²) in [7, 11) is 1.54. The summed E-state index contributed by atoms with van der Waals surface area (Å²) in [6.45, 7) is 5.84. The molecule has 5 heteroatoms. The number of hydrogen-bond acceptors (Lipinski definition) is 4. The van der Waals surface area contributed by atoms with Gasteiger partial charge in [0, 0.05) is 16.8 Å². The van der Waals surface area contributed by atoms with Gasteiger partial charge < -0.3 is 9.84 Å². The summed E-state index contributed by atoms with van der Waals surface area (Å²) in [5.41, 5.74) is 4.76. The lowest BCUT2D eigenvalue weighted by molar-refractivity contribution is -0.132. The number of methoxy groups -OCH3 is 1. The molecule has 4 rings (SSSR count). The fraction of sp³-hybridized carbons (Fsp3) is 0.185. The molecule has 1 heterocycles. The van der Waals surface area contributed by atoms with Crippen LogP contribution in [0.1, 0.15) is 33.9 Å². The highest BCUT2D eigenvalue weighted by atomic mass is 16.5.